The highest BCUT2D eigenvalue weighted by Crippen LogP contribution is 2.37. The molecule has 1 amide bonds. The van der Waals surface area contributed by atoms with Gasteiger partial charge in [0.25, 0.3) is 5.91 Å². The maximum Gasteiger partial charge on any atom is 0.255 e. The number of nitrogens with zero attached hydrogens (tertiary/aromatic N) is 2. The topological polar surface area (TPSA) is 42.0 Å². The van der Waals surface area contributed by atoms with Crippen LogP contribution >= 0.6 is 23.2 Å². The van der Waals surface area contributed by atoms with Crippen LogP contribution in [0.1, 0.15) is 17.3 Å². The number of rotatable bonds is 5. The van der Waals surface area contributed by atoms with E-state index in [2.05, 4.69) is 4.90 Å². The molecule has 1 saturated heterocycles. The summed E-state index contributed by atoms with van der Waals surface area (Å²) < 4.78 is 23.9. The Kier molecular flexibility index (Phi) is 6.65. The predicted octanol–water partition coefficient (Wildman–Crippen LogP) is 4.47. The second-order valence-corrected chi connectivity index (χ2v) is 7.37. The first-order valence-corrected chi connectivity index (χ1v) is 9.59. The maximum absolute atomic E-state index is 13.3. The molecule has 1 aliphatic rings. The van der Waals surface area contributed by atoms with Gasteiger partial charge in [-0.05, 0) is 37.3 Å². The monoisotopic (exact) mass is 426 g/mol. The average molecular weight is 427 g/mol. The van der Waals surface area contributed by atoms with E-state index in [4.69, 9.17) is 32.7 Å². The van der Waals surface area contributed by atoms with E-state index in [1.165, 1.54) is 12.1 Å². The molecular weight excluding hydrogens is 406 g/mol. The van der Waals surface area contributed by atoms with Crippen molar-refractivity contribution in [1.29, 1.82) is 0 Å². The van der Waals surface area contributed by atoms with Crippen LogP contribution in [0.2, 0.25) is 10.0 Å². The summed E-state index contributed by atoms with van der Waals surface area (Å²) in [6.45, 7) is 3.69. The molecule has 1 heterocycles. The van der Waals surface area contributed by atoms with Crippen LogP contribution in [0.25, 0.3) is 0 Å². The van der Waals surface area contributed by atoms with E-state index < -0.39 is 5.82 Å². The number of anilines is 1. The van der Waals surface area contributed by atoms with Gasteiger partial charge in [0, 0.05) is 32.8 Å². The lowest BCUT2D eigenvalue weighted by molar-refractivity contribution is 0.0513. The van der Waals surface area contributed by atoms with Crippen molar-refractivity contribution in [2.24, 2.45) is 0 Å². The third kappa shape index (κ3) is 4.35. The Labute approximate surface area is 173 Å². The van der Waals surface area contributed by atoms with Crippen molar-refractivity contribution in [3.05, 3.63) is 57.8 Å². The number of halogens is 3. The number of benzene rings is 2. The minimum atomic E-state index is -0.468. The second kappa shape index (κ2) is 8.99. The third-order valence-corrected chi connectivity index (χ3v) is 5.26. The summed E-state index contributed by atoms with van der Waals surface area (Å²) in [5.74, 6) is -0.123. The van der Waals surface area contributed by atoms with Gasteiger partial charge in [0.1, 0.15) is 5.82 Å². The molecule has 0 spiro atoms. The molecule has 0 radical (unpaired) electrons. The summed E-state index contributed by atoms with van der Waals surface area (Å²) >= 11 is 12.4. The molecule has 2 aromatic carbocycles. The standard InChI is InChI=1S/C20H21Cl2FN2O3/c1-13-11-24(20(26)15-7-6-14(23)10-17(15)22)8-9-25(13)18-5-3-4-16(21)19(18)28-12-27-2/h3-7,10,13H,8-9,11-12H2,1-2H3/t13-/m0/s1. The lowest BCUT2D eigenvalue weighted by Crippen LogP contribution is -2.54. The molecule has 0 N–H and O–H groups in total. The lowest BCUT2D eigenvalue weighted by Gasteiger charge is -2.41. The van der Waals surface area contributed by atoms with Gasteiger partial charge < -0.3 is 19.3 Å². The van der Waals surface area contributed by atoms with Crippen molar-refractivity contribution in [2.45, 2.75) is 13.0 Å². The van der Waals surface area contributed by atoms with Gasteiger partial charge in [-0.2, -0.15) is 0 Å². The van der Waals surface area contributed by atoms with Crippen LogP contribution in [0.4, 0.5) is 10.1 Å². The van der Waals surface area contributed by atoms with E-state index in [1.54, 1.807) is 18.1 Å². The third-order valence-electron chi connectivity index (χ3n) is 4.65. The molecular formula is C20H21Cl2FN2O3. The summed E-state index contributed by atoms with van der Waals surface area (Å²) in [7, 11) is 1.55. The normalized spacial score (nSPS) is 17.0. The van der Waals surface area contributed by atoms with Gasteiger partial charge in [0.05, 0.1) is 21.3 Å². The molecule has 2 aromatic rings. The smallest absolute Gasteiger partial charge is 0.255 e. The zero-order chi connectivity index (χ0) is 20.3. The number of hydrogen-bond donors (Lipinski definition) is 0. The van der Waals surface area contributed by atoms with Crippen LogP contribution < -0.4 is 9.64 Å². The van der Waals surface area contributed by atoms with Gasteiger partial charge in [0.15, 0.2) is 12.5 Å². The fourth-order valence-electron chi connectivity index (χ4n) is 3.32. The number of ether oxygens (including phenoxy) is 2. The molecule has 1 atom stereocenters. The average Bonchev–Trinajstić information content (AvgIpc) is 2.66. The Bertz CT molecular complexity index is 865. The van der Waals surface area contributed by atoms with Crippen LogP contribution in [0.5, 0.6) is 5.75 Å². The molecule has 150 valence electrons. The van der Waals surface area contributed by atoms with Crippen LogP contribution in [0.3, 0.4) is 0 Å². The number of para-hydroxylation sites is 1. The Morgan fingerprint density at radius 2 is 2.00 bits per heavy atom. The minimum absolute atomic E-state index is 0.0142. The summed E-state index contributed by atoms with van der Waals surface area (Å²) in [6.07, 6.45) is 0. The first kappa shape index (κ1) is 20.7. The largest absolute Gasteiger partial charge is 0.464 e. The van der Waals surface area contributed by atoms with Gasteiger partial charge >= 0.3 is 0 Å². The number of carbonyl (C=O) groups excluding carboxylic acids is 1. The van der Waals surface area contributed by atoms with E-state index in [0.717, 1.165) is 11.8 Å². The highest BCUT2D eigenvalue weighted by atomic mass is 35.5. The molecule has 1 fully saturated rings. The maximum atomic E-state index is 13.3. The number of carbonyl (C=O) groups is 1. The van der Waals surface area contributed by atoms with Gasteiger partial charge in [0.2, 0.25) is 0 Å². The lowest BCUT2D eigenvalue weighted by atomic mass is 10.1. The van der Waals surface area contributed by atoms with Crippen molar-refractivity contribution in [2.75, 3.05) is 38.4 Å². The van der Waals surface area contributed by atoms with Crippen molar-refractivity contribution >= 4 is 34.8 Å². The first-order chi connectivity index (χ1) is 13.4. The minimum Gasteiger partial charge on any atom is -0.464 e. The summed E-state index contributed by atoms with van der Waals surface area (Å²) in [5.41, 5.74) is 1.15. The SMILES string of the molecule is COCOc1c(Cl)cccc1N1CCN(C(=O)c2ccc(F)cc2Cl)C[C@@H]1C. The summed E-state index contributed by atoms with van der Waals surface area (Å²) in [4.78, 5) is 16.7. The quantitative estimate of drug-likeness (QED) is 0.661. The first-order valence-electron chi connectivity index (χ1n) is 8.83. The van der Waals surface area contributed by atoms with Gasteiger partial charge in [-0.25, -0.2) is 4.39 Å². The zero-order valence-electron chi connectivity index (χ0n) is 15.6. The fourth-order valence-corrected chi connectivity index (χ4v) is 3.79. The van der Waals surface area contributed by atoms with E-state index in [1.807, 2.05) is 19.1 Å². The Morgan fingerprint density at radius 1 is 1.21 bits per heavy atom. The van der Waals surface area contributed by atoms with Gasteiger partial charge in [-0.1, -0.05) is 29.3 Å². The molecule has 0 unspecified atom stereocenters. The molecule has 8 heteroatoms. The molecule has 5 nitrogen and oxygen atoms in total. The van der Waals surface area contributed by atoms with E-state index in [-0.39, 0.29) is 23.8 Å². The highest BCUT2D eigenvalue weighted by molar-refractivity contribution is 6.34. The van der Waals surface area contributed by atoms with Crippen molar-refractivity contribution in [1.82, 2.24) is 4.90 Å². The Hall–Kier alpha value is -2.02. The van der Waals surface area contributed by atoms with Gasteiger partial charge in [-0.3, -0.25) is 4.79 Å². The van der Waals surface area contributed by atoms with Crippen molar-refractivity contribution in [3.8, 4) is 5.75 Å². The van der Waals surface area contributed by atoms with E-state index in [0.29, 0.717) is 36.0 Å². The fraction of sp³-hybridized carbons (Fsp3) is 0.350. The summed E-state index contributed by atoms with van der Waals surface area (Å²) in [6, 6.07) is 9.38. The Balaban J connectivity index is 1.77. The van der Waals surface area contributed by atoms with Crippen molar-refractivity contribution in [3.63, 3.8) is 0 Å². The Morgan fingerprint density at radius 3 is 2.68 bits per heavy atom. The molecule has 0 aromatic heterocycles. The molecule has 0 bridgehead atoms. The number of amides is 1. The van der Waals surface area contributed by atoms with Crippen LogP contribution in [-0.4, -0.2) is 50.4 Å². The zero-order valence-corrected chi connectivity index (χ0v) is 17.1. The summed E-state index contributed by atoms with van der Waals surface area (Å²) in [5, 5.41) is 0.614. The number of hydrogen-bond acceptors (Lipinski definition) is 4. The number of piperazine rings is 1. The van der Waals surface area contributed by atoms with E-state index in [9.17, 15) is 9.18 Å². The molecule has 28 heavy (non-hydrogen) atoms. The van der Waals surface area contributed by atoms with Gasteiger partial charge in [-0.15, -0.1) is 0 Å². The van der Waals surface area contributed by atoms with Crippen LogP contribution in [0, 0.1) is 5.82 Å². The second-order valence-electron chi connectivity index (χ2n) is 6.56. The van der Waals surface area contributed by atoms with E-state index >= 15 is 0 Å². The molecule has 0 aliphatic carbocycles. The molecule has 0 saturated carbocycles. The number of methoxy groups -OCH3 is 1. The molecule has 1 aliphatic heterocycles. The van der Waals surface area contributed by atoms with Crippen molar-refractivity contribution < 1.29 is 18.7 Å². The van der Waals surface area contributed by atoms with Crippen LogP contribution in [0.15, 0.2) is 36.4 Å². The van der Waals surface area contributed by atoms with Crippen LogP contribution in [-0.2, 0) is 4.74 Å². The molecule has 3 rings (SSSR count). The highest BCUT2D eigenvalue weighted by Gasteiger charge is 2.30. The predicted molar refractivity (Wildman–Crippen MR) is 108 cm³/mol.